The van der Waals surface area contributed by atoms with Crippen molar-refractivity contribution in [1.82, 2.24) is 25.9 Å². The number of unbranched alkanes of at least 4 members (excludes halogenated alkanes) is 1. The fraction of sp³-hybridized carbons (Fsp3) is 0.588. The van der Waals surface area contributed by atoms with Crippen molar-refractivity contribution in [3.8, 4) is 0 Å². The molecule has 168 valence electrons. The highest BCUT2D eigenvalue weighted by atomic mass is 32.1. The number of carboxylic acids is 1. The number of hydrogen-bond donors (Lipinski definition) is 8. The van der Waals surface area contributed by atoms with Crippen LogP contribution in [0, 0.1) is 0 Å². The van der Waals surface area contributed by atoms with Gasteiger partial charge in [-0.05, 0) is 25.8 Å². The number of carbonyl (C=O) groups is 4. The van der Waals surface area contributed by atoms with E-state index in [-0.39, 0.29) is 18.6 Å². The molecule has 0 fully saturated rings. The minimum atomic E-state index is -1.21. The number of amides is 3. The Kier molecular flexibility index (Phi) is 11.5. The van der Waals surface area contributed by atoms with E-state index >= 15 is 0 Å². The van der Waals surface area contributed by atoms with Gasteiger partial charge in [-0.3, -0.25) is 19.2 Å². The first-order valence-electron chi connectivity index (χ1n) is 9.42. The molecule has 0 aliphatic rings. The van der Waals surface area contributed by atoms with Crippen molar-refractivity contribution in [3.05, 3.63) is 18.2 Å². The van der Waals surface area contributed by atoms with Crippen LogP contribution in [0.2, 0.25) is 0 Å². The molecule has 0 aliphatic carbocycles. The van der Waals surface area contributed by atoms with Gasteiger partial charge in [0.2, 0.25) is 17.7 Å². The summed E-state index contributed by atoms with van der Waals surface area (Å²) >= 11 is 4.09. The Labute approximate surface area is 179 Å². The number of hydrogen-bond acceptors (Lipinski definition) is 8. The lowest BCUT2D eigenvalue weighted by Crippen LogP contribution is -2.56. The molecule has 0 saturated heterocycles. The van der Waals surface area contributed by atoms with Gasteiger partial charge >= 0.3 is 5.97 Å². The Morgan fingerprint density at radius 2 is 1.83 bits per heavy atom. The average Bonchev–Trinajstić information content (AvgIpc) is 3.22. The predicted octanol–water partition coefficient (Wildman–Crippen LogP) is -2.49. The molecule has 0 radical (unpaired) electrons. The summed E-state index contributed by atoms with van der Waals surface area (Å²) < 4.78 is 0. The van der Waals surface area contributed by atoms with Crippen LogP contribution in [-0.4, -0.2) is 75.7 Å². The van der Waals surface area contributed by atoms with Gasteiger partial charge in [0.25, 0.3) is 0 Å². The number of thiol groups is 1. The van der Waals surface area contributed by atoms with Crippen LogP contribution in [0.4, 0.5) is 0 Å². The number of nitrogens with zero attached hydrogens (tertiary/aromatic N) is 1. The van der Waals surface area contributed by atoms with Gasteiger partial charge in [-0.1, -0.05) is 0 Å². The number of aromatic nitrogens is 2. The monoisotopic (exact) mass is 443 g/mol. The minimum absolute atomic E-state index is 0.0272. The predicted molar refractivity (Wildman–Crippen MR) is 112 cm³/mol. The molecule has 30 heavy (non-hydrogen) atoms. The maximum absolute atomic E-state index is 12.6. The molecule has 3 atom stereocenters. The number of rotatable bonds is 14. The molecule has 0 aromatic carbocycles. The third-order valence-electron chi connectivity index (χ3n) is 4.14. The molecule has 9 N–H and O–H groups in total. The molecular formula is C17H29N7O5S. The zero-order valence-corrected chi connectivity index (χ0v) is 17.4. The van der Waals surface area contributed by atoms with Gasteiger partial charge in [-0.25, -0.2) is 4.98 Å². The summed E-state index contributed by atoms with van der Waals surface area (Å²) in [6.45, 7) is -0.155. The quantitative estimate of drug-likeness (QED) is 0.114. The standard InChI is InChI=1S/C17H29N7O5S/c18-4-2-1-3-12(16(28)21-7-14(25)26)23-17(29)13(8-30)24-15(27)11(19)5-10-6-20-9-22-10/h6,9,11-13,30H,1-5,7-8,18-19H2,(H,20,22)(H,21,28)(H,23,29)(H,24,27)(H,25,26). The number of nitrogens with one attached hydrogen (secondary N) is 4. The SMILES string of the molecule is NCCCCC(NC(=O)C(CS)NC(=O)C(N)Cc1cnc[nH]1)C(=O)NCC(=O)O. The highest BCUT2D eigenvalue weighted by molar-refractivity contribution is 7.80. The molecule has 0 bridgehead atoms. The van der Waals surface area contributed by atoms with E-state index in [4.69, 9.17) is 16.6 Å². The van der Waals surface area contributed by atoms with Gasteiger partial charge in [0.05, 0.1) is 12.4 Å². The number of aromatic amines is 1. The van der Waals surface area contributed by atoms with Crippen LogP contribution in [0.1, 0.15) is 25.0 Å². The van der Waals surface area contributed by atoms with Crippen molar-refractivity contribution in [3.63, 3.8) is 0 Å². The smallest absolute Gasteiger partial charge is 0.322 e. The van der Waals surface area contributed by atoms with Crippen molar-refractivity contribution in [1.29, 1.82) is 0 Å². The highest BCUT2D eigenvalue weighted by Gasteiger charge is 2.27. The van der Waals surface area contributed by atoms with Crippen LogP contribution in [0.15, 0.2) is 12.5 Å². The summed E-state index contributed by atoms with van der Waals surface area (Å²) in [5.74, 6) is -3.06. The molecule has 1 heterocycles. The highest BCUT2D eigenvalue weighted by Crippen LogP contribution is 2.03. The summed E-state index contributed by atoms with van der Waals surface area (Å²) in [5.41, 5.74) is 12.0. The number of carbonyl (C=O) groups excluding carboxylic acids is 3. The van der Waals surface area contributed by atoms with E-state index in [9.17, 15) is 19.2 Å². The second-order valence-corrected chi connectivity index (χ2v) is 6.95. The van der Waals surface area contributed by atoms with E-state index in [0.29, 0.717) is 25.1 Å². The summed E-state index contributed by atoms with van der Waals surface area (Å²) in [6, 6.07) is -2.92. The van der Waals surface area contributed by atoms with E-state index in [1.54, 1.807) is 0 Å². The third-order valence-corrected chi connectivity index (χ3v) is 4.51. The van der Waals surface area contributed by atoms with E-state index in [1.807, 2.05) is 0 Å². The third kappa shape index (κ3) is 9.24. The maximum Gasteiger partial charge on any atom is 0.322 e. The normalized spacial score (nSPS) is 13.7. The van der Waals surface area contributed by atoms with Crippen LogP contribution in [0.5, 0.6) is 0 Å². The number of nitrogens with two attached hydrogens (primary N) is 2. The molecule has 12 nitrogen and oxygen atoms in total. The zero-order chi connectivity index (χ0) is 22.5. The first-order chi connectivity index (χ1) is 14.3. The Hall–Kier alpha value is -2.64. The minimum Gasteiger partial charge on any atom is -0.480 e. The fourth-order valence-corrected chi connectivity index (χ4v) is 2.78. The van der Waals surface area contributed by atoms with Crippen molar-refractivity contribution in [2.75, 3.05) is 18.8 Å². The molecule has 1 rings (SSSR count). The maximum atomic E-state index is 12.6. The Bertz CT molecular complexity index is 701. The summed E-state index contributed by atoms with van der Waals surface area (Å²) in [4.78, 5) is 54.5. The van der Waals surface area contributed by atoms with Gasteiger partial charge < -0.3 is 37.5 Å². The number of imidazole rings is 1. The van der Waals surface area contributed by atoms with E-state index < -0.39 is 48.4 Å². The van der Waals surface area contributed by atoms with Crippen LogP contribution < -0.4 is 27.4 Å². The average molecular weight is 444 g/mol. The Morgan fingerprint density at radius 3 is 2.40 bits per heavy atom. The fourth-order valence-electron chi connectivity index (χ4n) is 2.52. The molecule has 0 spiro atoms. The van der Waals surface area contributed by atoms with Gasteiger partial charge in [-0.15, -0.1) is 0 Å². The molecule has 13 heteroatoms. The Morgan fingerprint density at radius 1 is 1.13 bits per heavy atom. The van der Waals surface area contributed by atoms with E-state index in [0.717, 1.165) is 0 Å². The molecule has 0 saturated carbocycles. The first kappa shape index (κ1) is 25.4. The summed E-state index contributed by atoms with van der Waals surface area (Å²) in [7, 11) is 0. The van der Waals surface area contributed by atoms with Crippen LogP contribution in [-0.2, 0) is 25.6 Å². The zero-order valence-electron chi connectivity index (χ0n) is 16.5. The summed E-state index contributed by atoms with van der Waals surface area (Å²) in [5, 5.41) is 16.0. The molecular weight excluding hydrogens is 414 g/mol. The lowest BCUT2D eigenvalue weighted by molar-refractivity contribution is -0.138. The van der Waals surface area contributed by atoms with Gasteiger partial charge in [0.15, 0.2) is 0 Å². The first-order valence-corrected chi connectivity index (χ1v) is 10.1. The molecule has 1 aromatic heterocycles. The van der Waals surface area contributed by atoms with E-state index in [1.165, 1.54) is 12.5 Å². The van der Waals surface area contributed by atoms with Gasteiger partial charge in [-0.2, -0.15) is 12.6 Å². The molecule has 0 aliphatic heterocycles. The van der Waals surface area contributed by atoms with Crippen LogP contribution >= 0.6 is 12.6 Å². The van der Waals surface area contributed by atoms with Crippen molar-refractivity contribution >= 4 is 36.3 Å². The van der Waals surface area contributed by atoms with Crippen molar-refractivity contribution < 1.29 is 24.3 Å². The number of carboxylic acid groups (broad SMARTS) is 1. The molecule has 3 unspecified atom stereocenters. The largest absolute Gasteiger partial charge is 0.480 e. The lowest BCUT2D eigenvalue weighted by atomic mass is 10.1. The van der Waals surface area contributed by atoms with E-state index in [2.05, 4.69) is 38.5 Å². The second kappa shape index (κ2) is 13.6. The lowest BCUT2D eigenvalue weighted by Gasteiger charge is -2.23. The number of H-pyrrole nitrogens is 1. The van der Waals surface area contributed by atoms with Crippen molar-refractivity contribution in [2.45, 2.75) is 43.8 Å². The molecule has 1 aromatic rings. The van der Waals surface area contributed by atoms with Gasteiger partial charge in [0, 0.05) is 24.1 Å². The number of aliphatic carboxylic acids is 1. The topological polar surface area (TPSA) is 205 Å². The van der Waals surface area contributed by atoms with Crippen molar-refractivity contribution in [2.24, 2.45) is 11.5 Å². The second-order valence-electron chi connectivity index (χ2n) is 6.59. The van der Waals surface area contributed by atoms with Gasteiger partial charge in [0.1, 0.15) is 18.6 Å². The Balaban J connectivity index is 2.68. The molecule has 3 amide bonds. The van der Waals surface area contributed by atoms with Crippen LogP contribution in [0.3, 0.4) is 0 Å². The summed E-state index contributed by atoms with van der Waals surface area (Å²) in [6.07, 6.45) is 4.65. The van der Waals surface area contributed by atoms with Crippen LogP contribution in [0.25, 0.3) is 0 Å².